The van der Waals surface area contributed by atoms with Crippen LogP contribution in [0.5, 0.6) is 5.75 Å². The molecule has 0 aliphatic carbocycles. The lowest BCUT2D eigenvalue weighted by molar-refractivity contribution is 0.133. The third kappa shape index (κ3) is 2.36. The molecular formula is C13H19NO2. The predicted molar refractivity (Wildman–Crippen MR) is 63.8 cm³/mol. The summed E-state index contributed by atoms with van der Waals surface area (Å²) in [4.78, 5) is 1.98. The van der Waals surface area contributed by atoms with Crippen LogP contribution in [-0.2, 0) is 6.42 Å². The number of fused-ring (bicyclic) bond motifs is 1. The number of aliphatic hydroxyl groups is 1. The molecule has 1 heterocycles. The van der Waals surface area contributed by atoms with Gasteiger partial charge in [-0.05, 0) is 32.5 Å². The van der Waals surface area contributed by atoms with Crippen molar-refractivity contribution in [2.24, 2.45) is 0 Å². The van der Waals surface area contributed by atoms with Gasteiger partial charge in [0.05, 0.1) is 12.7 Å². The van der Waals surface area contributed by atoms with Gasteiger partial charge in [-0.2, -0.15) is 0 Å². The Morgan fingerprint density at radius 1 is 1.44 bits per heavy atom. The van der Waals surface area contributed by atoms with Crippen LogP contribution in [0.1, 0.15) is 23.7 Å². The Balaban J connectivity index is 2.26. The Kier molecular flexibility index (Phi) is 3.46. The number of benzene rings is 1. The number of likely N-dealkylation sites (N-methyl/N-ethyl adjacent to an activating group) is 1. The van der Waals surface area contributed by atoms with Crippen molar-refractivity contribution in [1.29, 1.82) is 0 Å². The molecule has 0 saturated heterocycles. The average Bonchev–Trinajstić information content (AvgIpc) is 2.27. The Labute approximate surface area is 96.6 Å². The molecule has 16 heavy (non-hydrogen) atoms. The van der Waals surface area contributed by atoms with Crippen LogP contribution in [0.2, 0.25) is 0 Å². The fourth-order valence-electron chi connectivity index (χ4n) is 2.12. The summed E-state index contributed by atoms with van der Waals surface area (Å²) in [5, 5.41) is 10.1. The van der Waals surface area contributed by atoms with Crippen LogP contribution in [0.25, 0.3) is 0 Å². The highest BCUT2D eigenvalue weighted by molar-refractivity contribution is 5.44. The van der Waals surface area contributed by atoms with Crippen LogP contribution in [0.4, 0.5) is 0 Å². The van der Waals surface area contributed by atoms with Crippen LogP contribution < -0.4 is 4.74 Å². The SMILES string of the molecule is CN(C)CC(O)c1cccc2c1OCCC2. The van der Waals surface area contributed by atoms with E-state index in [9.17, 15) is 5.11 Å². The molecule has 0 saturated carbocycles. The van der Waals surface area contributed by atoms with Crippen LogP contribution in [-0.4, -0.2) is 37.3 Å². The number of aliphatic hydroxyl groups excluding tert-OH is 1. The molecule has 1 atom stereocenters. The van der Waals surface area contributed by atoms with Crippen molar-refractivity contribution in [1.82, 2.24) is 4.90 Å². The number of rotatable bonds is 3. The molecule has 2 rings (SSSR count). The molecule has 0 spiro atoms. The van der Waals surface area contributed by atoms with Crippen molar-refractivity contribution in [3.05, 3.63) is 29.3 Å². The van der Waals surface area contributed by atoms with E-state index in [-0.39, 0.29) is 0 Å². The first-order valence-electron chi connectivity index (χ1n) is 5.76. The van der Waals surface area contributed by atoms with Gasteiger partial charge in [-0.1, -0.05) is 18.2 Å². The van der Waals surface area contributed by atoms with Gasteiger partial charge in [0.15, 0.2) is 0 Å². The van der Waals surface area contributed by atoms with Gasteiger partial charge in [0.2, 0.25) is 0 Å². The monoisotopic (exact) mass is 221 g/mol. The molecule has 0 aromatic heterocycles. The molecule has 1 unspecified atom stereocenters. The summed E-state index contributed by atoms with van der Waals surface area (Å²) < 4.78 is 5.68. The van der Waals surface area contributed by atoms with Crippen LogP contribution in [0.3, 0.4) is 0 Å². The topological polar surface area (TPSA) is 32.7 Å². The molecule has 1 N–H and O–H groups in total. The predicted octanol–water partition coefficient (Wildman–Crippen LogP) is 1.61. The van der Waals surface area contributed by atoms with E-state index in [1.165, 1.54) is 5.56 Å². The lowest BCUT2D eigenvalue weighted by atomic mass is 9.99. The van der Waals surface area contributed by atoms with Gasteiger partial charge in [0.1, 0.15) is 5.75 Å². The molecule has 0 radical (unpaired) electrons. The number of hydrogen-bond acceptors (Lipinski definition) is 3. The molecule has 1 aromatic rings. The molecule has 1 aromatic carbocycles. The van der Waals surface area contributed by atoms with E-state index in [1.807, 2.05) is 31.1 Å². The maximum atomic E-state index is 10.1. The van der Waals surface area contributed by atoms with Crippen molar-refractivity contribution in [2.45, 2.75) is 18.9 Å². The molecule has 1 aliphatic heterocycles. The quantitative estimate of drug-likeness (QED) is 0.841. The average molecular weight is 221 g/mol. The minimum atomic E-state index is -0.469. The van der Waals surface area contributed by atoms with Gasteiger partial charge in [0, 0.05) is 12.1 Å². The standard InChI is InChI=1S/C13H19NO2/c1-14(2)9-12(15)11-7-3-5-10-6-4-8-16-13(10)11/h3,5,7,12,15H,4,6,8-9H2,1-2H3. The van der Waals surface area contributed by atoms with E-state index in [4.69, 9.17) is 4.74 Å². The van der Waals surface area contributed by atoms with E-state index in [2.05, 4.69) is 6.07 Å². The molecule has 0 amide bonds. The van der Waals surface area contributed by atoms with Gasteiger partial charge in [-0.3, -0.25) is 0 Å². The van der Waals surface area contributed by atoms with Crippen molar-refractivity contribution < 1.29 is 9.84 Å². The zero-order chi connectivity index (χ0) is 11.5. The highest BCUT2D eigenvalue weighted by Gasteiger charge is 2.19. The summed E-state index contributed by atoms with van der Waals surface area (Å²) >= 11 is 0. The first kappa shape index (κ1) is 11.4. The van der Waals surface area contributed by atoms with Gasteiger partial charge < -0.3 is 14.7 Å². The Bertz CT molecular complexity index is 363. The number of hydrogen-bond donors (Lipinski definition) is 1. The smallest absolute Gasteiger partial charge is 0.128 e. The minimum absolute atomic E-state index is 0.469. The van der Waals surface area contributed by atoms with Crippen molar-refractivity contribution in [3.8, 4) is 5.75 Å². The zero-order valence-corrected chi connectivity index (χ0v) is 9.94. The summed E-state index contributed by atoms with van der Waals surface area (Å²) in [6, 6.07) is 6.04. The molecule has 3 nitrogen and oxygen atoms in total. The van der Waals surface area contributed by atoms with Gasteiger partial charge in [-0.25, -0.2) is 0 Å². The largest absolute Gasteiger partial charge is 0.493 e. The summed E-state index contributed by atoms with van der Waals surface area (Å²) in [6.45, 7) is 1.39. The van der Waals surface area contributed by atoms with Crippen molar-refractivity contribution >= 4 is 0 Å². The third-order valence-corrected chi connectivity index (χ3v) is 2.86. The highest BCUT2D eigenvalue weighted by atomic mass is 16.5. The normalized spacial score (nSPS) is 16.8. The highest BCUT2D eigenvalue weighted by Crippen LogP contribution is 2.32. The second-order valence-corrected chi connectivity index (χ2v) is 4.57. The Hall–Kier alpha value is -1.06. The maximum absolute atomic E-state index is 10.1. The molecule has 1 aliphatic rings. The summed E-state index contributed by atoms with van der Waals surface area (Å²) in [5.41, 5.74) is 2.15. The van der Waals surface area contributed by atoms with E-state index >= 15 is 0 Å². The van der Waals surface area contributed by atoms with E-state index in [0.29, 0.717) is 6.54 Å². The summed E-state index contributed by atoms with van der Waals surface area (Å²) in [7, 11) is 3.92. The Morgan fingerprint density at radius 3 is 3.00 bits per heavy atom. The van der Waals surface area contributed by atoms with Crippen LogP contribution in [0, 0.1) is 0 Å². The second-order valence-electron chi connectivity index (χ2n) is 4.57. The lowest BCUT2D eigenvalue weighted by Gasteiger charge is -2.24. The summed E-state index contributed by atoms with van der Waals surface area (Å²) in [6.07, 6.45) is 1.65. The zero-order valence-electron chi connectivity index (χ0n) is 9.94. The molecule has 88 valence electrons. The third-order valence-electron chi connectivity index (χ3n) is 2.86. The summed E-state index contributed by atoms with van der Waals surface area (Å²) in [5.74, 6) is 0.906. The van der Waals surface area contributed by atoms with Gasteiger partial charge in [-0.15, -0.1) is 0 Å². The first-order chi connectivity index (χ1) is 7.68. The molecule has 0 fully saturated rings. The van der Waals surface area contributed by atoms with Crippen molar-refractivity contribution in [3.63, 3.8) is 0 Å². The van der Waals surface area contributed by atoms with Crippen molar-refractivity contribution in [2.75, 3.05) is 27.2 Å². The second kappa shape index (κ2) is 4.85. The number of nitrogens with zero attached hydrogens (tertiary/aromatic N) is 1. The number of aryl methyl sites for hydroxylation is 1. The van der Waals surface area contributed by atoms with E-state index in [1.54, 1.807) is 0 Å². The fraction of sp³-hybridized carbons (Fsp3) is 0.538. The van der Waals surface area contributed by atoms with Gasteiger partial charge >= 0.3 is 0 Å². The number of para-hydroxylation sites is 1. The van der Waals surface area contributed by atoms with Crippen LogP contribution >= 0.6 is 0 Å². The van der Waals surface area contributed by atoms with E-state index < -0.39 is 6.10 Å². The molecular weight excluding hydrogens is 202 g/mol. The number of ether oxygens (including phenoxy) is 1. The minimum Gasteiger partial charge on any atom is -0.493 e. The van der Waals surface area contributed by atoms with Crippen LogP contribution in [0.15, 0.2) is 18.2 Å². The van der Waals surface area contributed by atoms with E-state index in [0.717, 1.165) is 30.8 Å². The Morgan fingerprint density at radius 2 is 2.25 bits per heavy atom. The molecule has 0 bridgehead atoms. The van der Waals surface area contributed by atoms with Gasteiger partial charge in [0.25, 0.3) is 0 Å². The molecule has 3 heteroatoms. The first-order valence-corrected chi connectivity index (χ1v) is 5.76. The lowest BCUT2D eigenvalue weighted by Crippen LogP contribution is -2.21. The maximum Gasteiger partial charge on any atom is 0.128 e. The fourth-order valence-corrected chi connectivity index (χ4v) is 2.12.